The second kappa shape index (κ2) is 7.31. The number of aryl methyl sites for hydroxylation is 1. The first-order valence-corrected chi connectivity index (χ1v) is 7.96. The van der Waals surface area contributed by atoms with Crippen molar-refractivity contribution in [2.24, 2.45) is 0 Å². The molecule has 116 valence electrons. The largest absolute Gasteiger partial charge is 0.479 e. The van der Waals surface area contributed by atoms with Crippen LogP contribution in [0.2, 0.25) is 10.0 Å². The van der Waals surface area contributed by atoms with Crippen molar-refractivity contribution in [3.63, 3.8) is 0 Å². The molecule has 4 nitrogen and oxygen atoms in total. The van der Waals surface area contributed by atoms with Crippen molar-refractivity contribution in [2.45, 2.75) is 20.0 Å². The number of carbonyl (C=O) groups excluding carboxylic acids is 1. The Hall–Kier alpha value is -1.30. The molecular formula is C15H13BrCl2N2O2. The average molecular weight is 404 g/mol. The number of hydrogen-bond acceptors (Lipinski definition) is 3. The molecule has 0 radical (unpaired) electrons. The van der Waals surface area contributed by atoms with Gasteiger partial charge in [-0.2, -0.15) is 0 Å². The molecule has 0 aliphatic heterocycles. The van der Waals surface area contributed by atoms with E-state index in [0.717, 1.165) is 10.0 Å². The fourth-order valence-electron chi connectivity index (χ4n) is 1.65. The molecule has 1 heterocycles. The molecule has 2 aromatic rings. The van der Waals surface area contributed by atoms with E-state index in [4.69, 9.17) is 27.9 Å². The van der Waals surface area contributed by atoms with Crippen LogP contribution in [0, 0.1) is 6.92 Å². The van der Waals surface area contributed by atoms with Crippen molar-refractivity contribution in [1.82, 2.24) is 4.98 Å². The Morgan fingerprint density at radius 2 is 2.09 bits per heavy atom. The van der Waals surface area contributed by atoms with Gasteiger partial charge < -0.3 is 10.1 Å². The van der Waals surface area contributed by atoms with Gasteiger partial charge in [0.1, 0.15) is 11.6 Å². The first-order valence-electron chi connectivity index (χ1n) is 6.41. The van der Waals surface area contributed by atoms with E-state index < -0.39 is 6.10 Å². The normalized spacial score (nSPS) is 11.9. The fraction of sp³-hybridized carbons (Fsp3) is 0.200. The van der Waals surface area contributed by atoms with E-state index >= 15 is 0 Å². The van der Waals surface area contributed by atoms with Gasteiger partial charge in [0.2, 0.25) is 0 Å². The van der Waals surface area contributed by atoms with E-state index in [-0.39, 0.29) is 5.91 Å². The van der Waals surface area contributed by atoms with E-state index in [0.29, 0.717) is 21.6 Å². The molecule has 0 aliphatic rings. The van der Waals surface area contributed by atoms with Crippen LogP contribution < -0.4 is 10.1 Å². The van der Waals surface area contributed by atoms with Crippen molar-refractivity contribution in [3.05, 3.63) is 50.5 Å². The van der Waals surface area contributed by atoms with Gasteiger partial charge in [0.25, 0.3) is 5.91 Å². The first-order chi connectivity index (χ1) is 10.4. The molecule has 0 fully saturated rings. The Bertz CT molecular complexity index is 710. The van der Waals surface area contributed by atoms with Gasteiger partial charge in [-0.3, -0.25) is 4.79 Å². The summed E-state index contributed by atoms with van der Waals surface area (Å²) >= 11 is 15.2. The number of hydrogen-bond donors (Lipinski definition) is 1. The smallest absolute Gasteiger partial charge is 0.266 e. The van der Waals surface area contributed by atoms with Gasteiger partial charge in [-0.1, -0.05) is 23.2 Å². The Morgan fingerprint density at radius 3 is 2.73 bits per heavy atom. The number of anilines is 1. The third-order valence-electron chi connectivity index (χ3n) is 2.87. The van der Waals surface area contributed by atoms with Gasteiger partial charge in [-0.05, 0) is 59.6 Å². The van der Waals surface area contributed by atoms with Crippen molar-refractivity contribution in [1.29, 1.82) is 0 Å². The molecule has 22 heavy (non-hydrogen) atoms. The predicted octanol–water partition coefficient (Wildman–Crippen LogP) is 4.87. The van der Waals surface area contributed by atoms with Gasteiger partial charge in [0, 0.05) is 15.7 Å². The van der Waals surface area contributed by atoms with Crippen LogP contribution in [0.15, 0.2) is 34.9 Å². The van der Waals surface area contributed by atoms with Crippen molar-refractivity contribution in [2.75, 3.05) is 5.32 Å². The number of aromatic nitrogens is 1. The van der Waals surface area contributed by atoms with E-state index in [1.54, 1.807) is 37.4 Å². The Kier molecular flexibility index (Phi) is 5.67. The highest BCUT2D eigenvalue weighted by atomic mass is 79.9. The van der Waals surface area contributed by atoms with Gasteiger partial charge >= 0.3 is 0 Å². The Balaban J connectivity index is 2.04. The van der Waals surface area contributed by atoms with E-state index in [2.05, 4.69) is 26.2 Å². The minimum absolute atomic E-state index is 0.319. The van der Waals surface area contributed by atoms with E-state index in [1.165, 1.54) is 0 Å². The summed E-state index contributed by atoms with van der Waals surface area (Å²) in [6.45, 7) is 3.54. The molecule has 0 aliphatic carbocycles. The standard InChI is InChI=1S/C15H13BrCl2N2O2/c1-8-5-14(19-7-11(8)16)20-15(21)9(2)22-13-4-3-10(17)6-12(13)18/h3-7,9H,1-2H3,(H,19,20,21). The lowest BCUT2D eigenvalue weighted by atomic mass is 10.3. The van der Waals surface area contributed by atoms with Crippen LogP contribution in [0.4, 0.5) is 5.82 Å². The molecule has 0 spiro atoms. The monoisotopic (exact) mass is 402 g/mol. The van der Waals surface area contributed by atoms with Crippen LogP contribution in [-0.2, 0) is 4.79 Å². The molecule has 1 amide bonds. The topological polar surface area (TPSA) is 51.2 Å². The number of rotatable bonds is 4. The van der Waals surface area contributed by atoms with Crippen molar-refractivity contribution in [3.8, 4) is 5.75 Å². The highest BCUT2D eigenvalue weighted by Gasteiger charge is 2.17. The molecule has 1 atom stereocenters. The van der Waals surface area contributed by atoms with Gasteiger partial charge in [0.15, 0.2) is 6.10 Å². The summed E-state index contributed by atoms with van der Waals surface area (Å²) in [6.07, 6.45) is 0.899. The summed E-state index contributed by atoms with van der Waals surface area (Å²) in [5.41, 5.74) is 0.972. The lowest BCUT2D eigenvalue weighted by Gasteiger charge is -2.15. The summed E-state index contributed by atoms with van der Waals surface area (Å²) in [4.78, 5) is 16.3. The minimum atomic E-state index is -0.732. The third-order valence-corrected chi connectivity index (χ3v) is 4.23. The summed E-state index contributed by atoms with van der Waals surface area (Å²) < 4.78 is 6.43. The van der Waals surface area contributed by atoms with Gasteiger partial charge in [-0.15, -0.1) is 0 Å². The second-order valence-electron chi connectivity index (χ2n) is 4.64. The molecule has 7 heteroatoms. The van der Waals surface area contributed by atoms with Crippen LogP contribution in [-0.4, -0.2) is 17.0 Å². The number of nitrogens with zero attached hydrogens (tertiary/aromatic N) is 1. The van der Waals surface area contributed by atoms with Crippen LogP contribution in [0.5, 0.6) is 5.75 Å². The molecule has 1 N–H and O–H groups in total. The second-order valence-corrected chi connectivity index (χ2v) is 6.34. The number of halogens is 3. The minimum Gasteiger partial charge on any atom is -0.479 e. The molecule has 0 saturated carbocycles. The van der Waals surface area contributed by atoms with Crippen LogP contribution in [0.1, 0.15) is 12.5 Å². The lowest BCUT2D eigenvalue weighted by molar-refractivity contribution is -0.122. The maximum Gasteiger partial charge on any atom is 0.266 e. The zero-order valence-corrected chi connectivity index (χ0v) is 15.0. The molecule has 1 unspecified atom stereocenters. The third kappa shape index (κ3) is 4.35. The quantitative estimate of drug-likeness (QED) is 0.792. The zero-order chi connectivity index (χ0) is 16.3. The van der Waals surface area contributed by atoms with Crippen molar-refractivity contribution < 1.29 is 9.53 Å². The molecular weight excluding hydrogens is 391 g/mol. The zero-order valence-electron chi connectivity index (χ0n) is 11.9. The average Bonchev–Trinajstić information content (AvgIpc) is 2.45. The number of amides is 1. The van der Waals surface area contributed by atoms with Crippen LogP contribution in [0.3, 0.4) is 0 Å². The van der Waals surface area contributed by atoms with Gasteiger partial charge in [-0.25, -0.2) is 4.98 Å². The number of ether oxygens (including phenoxy) is 1. The summed E-state index contributed by atoms with van der Waals surface area (Å²) in [6, 6.07) is 6.59. The summed E-state index contributed by atoms with van der Waals surface area (Å²) in [5.74, 6) is 0.539. The molecule has 0 bridgehead atoms. The highest BCUT2D eigenvalue weighted by molar-refractivity contribution is 9.10. The lowest BCUT2D eigenvalue weighted by Crippen LogP contribution is -2.30. The van der Waals surface area contributed by atoms with Gasteiger partial charge in [0.05, 0.1) is 5.02 Å². The Morgan fingerprint density at radius 1 is 1.36 bits per heavy atom. The highest BCUT2D eigenvalue weighted by Crippen LogP contribution is 2.28. The SMILES string of the molecule is Cc1cc(NC(=O)C(C)Oc2ccc(Cl)cc2Cl)ncc1Br. The van der Waals surface area contributed by atoms with Crippen LogP contribution >= 0.6 is 39.1 Å². The molecule has 1 aromatic heterocycles. The summed E-state index contributed by atoms with van der Waals surface area (Å²) in [7, 11) is 0. The maximum absolute atomic E-state index is 12.1. The first kappa shape index (κ1) is 17.1. The van der Waals surface area contributed by atoms with E-state index in [9.17, 15) is 4.79 Å². The number of carbonyl (C=O) groups is 1. The molecule has 1 aromatic carbocycles. The van der Waals surface area contributed by atoms with E-state index in [1.807, 2.05) is 6.92 Å². The number of benzene rings is 1. The molecule has 0 saturated heterocycles. The maximum atomic E-state index is 12.1. The Labute approximate surface area is 146 Å². The van der Waals surface area contributed by atoms with Crippen molar-refractivity contribution >= 4 is 50.9 Å². The summed E-state index contributed by atoms with van der Waals surface area (Å²) in [5, 5.41) is 3.55. The number of pyridine rings is 1. The molecule has 2 rings (SSSR count). The predicted molar refractivity (Wildman–Crippen MR) is 91.9 cm³/mol. The number of nitrogens with one attached hydrogen (secondary N) is 1. The van der Waals surface area contributed by atoms with Crippen LogP contribution in [0.25, 0.3) is 0 Å². The fourth-order valence-corrected chi connectivity index (χ4v) is 2.32.